The van der Waals surface area contributed by atoms with Crippen LogP contribution in [0, 0.1) is 6.92 Å². The van der Waals surface area contributed by atoms with E-state index in [0.29, 0.717) is 11.5 Å². The number of carbonyl (C=O) groups is 2. The number of hydrogen-bond donors (Lipinski definition) is 3. The van der Waals surface area contributed by atoms with Crippen molar-refractivity contribution >= 4 is 22.8 Å². The number of para-hydroxylation sites is 1. The van der Waals surface area contributed by atoms with Crippen molar-refractivity contribution in [3.8, 4) is 11.3 Å². The summed E-state index contributed by atoms with van der Waals surface area (Å²) in [6.07, 6.45) is 1.92. The van der Waals surface area contributed by atoms with Gasteiger partial charge < -0.3 is 19.9 Å². The Morgan fingerprint density at radius 3 is 2.62 bits per heavy atom. The van der Waals surface area contributed by atoms with E-state index in [1.54, 1.807) is 13.1 Å². The molecular formula is C22H19N3O4. The van der Waals surface area contributed by atoms with Crippen LogP contribution in [0.4, 0.5) is 0 Å². The molecule has 3 N–H and O–H groups in total. The minimum absolute atomic E-state index is 0.149. The first-order valence-electron chi connectivity index (χ1n) is 9.15. The fourth-order valence-corrected chi connectivity index (χ4v) is 3.38. The number of rotatable bonds is 6. The molecule has 0 bridgehead atoms. The summed E-state index contributed by atoms with van der Waals surface area (Å²) in [4.78, 5) is 27.9. The van der Waals surface area contributed by atoms with Crippen LogP contribution in [0.3, 0.4) is 0 Å². The maximum absolute atomic E-state index is 12.9. The summed E-state index contributed by atoms with van der Waals surface area (Å²) in [6, 6.07) is 15.7. The van der Waals surface area contributed by atoms with Crippen LogP contribution in [0.1, 0.15) is 21.7 Å². The van der Waals surface area contributed by atoms with E-state index in [1.165, 1.54) is 0 Å². The van der Waals surface area contributed by atoms with Crippen molar-refractivity contribution in [1.82, 2.24) is 15.5 Å². The van der Waals surface area contributed by atoms with Gasteiger partial charge in [0, 0.05) is 29.1 Å². The summed E-state index contributed by atoms with van der Waals surface area (Å²) < 4.78 is 5.21. The normalized spacial score (nSPS) is 12.0. The highest BCUT2D eigenvalue weighted by Crippen LogP contribution is 2.25. The molecule has 0 spiro atoms. The van der Waals surface area contributed by atoms with Crippen molar-refractivity contribution in [2.24, 2.45) is 0 Å². The maximum Gasteiger partial charge on any atom is 0.326 e. The highest BCUT2D eigenvalue weighted by atomic mass is 16.5. The number of aryl methyl sites for hydroxylation is 1. The predicted octanol–water partition coefficient (Wildman–Crippen LogP) is 3.56. The van der Waals surface area contributed by atoms with Gasteiger partial charge in [-0.05, 0) is 18.6 Å². The fraction of sp³-hybridized carbons (Fsp3) is 0.136. The Labute approximate surface area is 166 Å². The van der Waals surface area contributed by atoms with Gasteiger partial charge in [0.2, 0.25) is 0 Å². The van der Waals surface area contributed by atoms with E-state index in [1.807, 2.05) is 54.6 Å². The summed E-state index contributed by atoms with van der Waals surface area (Å²) in [7, 11) is 0. The second-order valence-electron chi connectivity index (χ2n) is 6.76. The number of amides is 1. The fourth-order valence-electron chi connectivity index (χ4n) is 3.38. The van der Waals surface area contributed by atoms with Gasteiger partial charge in [0.1, 0.15) is 23.1 Å². The molecule has 2 aromatic heterocycles. The number of aliphatic carboxylic acids is 1. The van der Waals surface area contributed by atoms with Gasteiger partial charge in [0.15, 0.2) is 0 Å². The first-order chi connectivity index (χ1) is 14.0. The van der Waals surface area contributed by atoms with Gasteiger partial charge in [-0.25, -0.2) is 4.79 Å². The van der Waals surface area contributed by atoms with Crippen LogP contribution in [-0.2, 0) is 11.2 Å². The number of carboxylic acids is 1. The first-order valence-corrected chi connectivity index (χ1v) is 9.15. The molecule has 0 aliphatic rings. The van der Waals surface area contributed by atoms with Crippen molar-refractivity contribution in [1.29, 1.82) is 0 Å². The minimum atomic E-state index is -1.11. The maximum atomic E-state index is 12.9. The van der Waals surface area contributed by atoms with E-state index < -0.39 is 17.9 Å². The average molecular weight is 389 g/mol. The molecule has 7 heteroatoms. The predicted molar refractivity (Wildman–Crippen MR) is 108 cm³/mol. The molecule has 4 rings (SSSR count). The number of aromatic amines is 1. The Morgan fingerprint density at radius 2 is 1.86 bits per heavy atom. The second-order valence-corrected chi connectivity index (χ2v) is 6.76. The van der Waals surface area contributed by atoms with Crippen LogP contribution >= 0.6 is 0 Å². The number of carbonyl (C=O) groups excluding carboxylic acids is 1. The number of carboxylic acid groups (broad SMARTS) is 1. The van der Waals surface area contributed by atoms with E-state index in [-0.39, 0.29) is 12.0 Å². The lowest BCUT2D eigenvalue weighted by Gasteiger charge is -2.14. The molecular weight excluding hydrogens is 370 g/mol. The quantitative estimate of drug-likeness (QED) is 0.467. The molecule has 146 valence electrons. The molecule has 2 aromatic carbocycles. The van der Waals surface area contributed by atoms with Crippen LogP contribution < -0.4 is 5.32 Å². The van der Waals surface area contributed by atoms with Crippen molar-refractivity contribution in [3.05, 3.63) is 77.7 Å². The highest BCUT2D eigenvalue weighted by molar-refractivity contribution is 6.02. The topological polar surface area (TPSA) is 108 Å². The SMILES string of the molecule is Cc1onc(-c2ccccc2)c1C(=O)N[C@@H](Cc1c[nH]c2ccccc12)C(=O)O. The monoisotopic (exact) mass is 389 g/mol. The summed E-state index contributed by atoms with van der Waals surface area (Å²) in [5.74, 6) is -1.31. The van der Waals surface area contributed by atoms with E-state index in [4.69, 9.17) is 4.52 Å². The van der Waals surface area contributed by atoms with Crippen LogP contribution in [0.15, 0.2) is 65.3 Å². The van der Waals surface area contributed by atoms with Crippen LogP contribution in [0.2, 0.25) is 0 Å². The third kappa shape index (κ3) is 3.62. The van der Waals surface area contributed by atoms with E-state index in [2.05, 4.69) is 15.5 Å². The number of H-pyrrole nitrogens is 1. The molecule has 0 fully saturated rings. The summed E-state index contributed by atoms with van der Waals surface area (Å²) in [5, 5.41) is 17.2. The smallest absolute Gasteiger partial charge is 0.326 e. The van der Waals surface area contributed by atoms with Gasteiger partial charge in [0.05, 0.1) is 0 Å². The average Bonchev–Trinajstić information content (AvgIpc) is 3.31. The van der Waals surface area contributed by atoms with Crippen LogP contribution in [-0.4, -0.2) is 33.2 Å². The van der Waals surface area contributed by atoms with Gasteiger partial charge in [0.25, 0.3) is 5.91 Å². The molecule has 0 saturated heterocycles. The van der Waals surface area contributed by atoms with Crippen molar-refractivity contribution in [2.45, 2.75) is 19.4 Å². The van der Waals surface area contributed by atoms with Crippen molar-refractivity contribution in [3.63, 3.8) is 0 Å². The Hall–Kier alpha value is -3.87. The molecule has 0 aliphatic heterocycles. The lowest BCUT2D eigenvalue weighted by molar-refractivity contribution is -0.139. The summed E-state index contributed by atoms with van der Waals surface area (Å²) in [6.45, 7) is 1.63. The Kier molecular flexibility index (Phi) is 4.87. The zero-order valence-corrected chi connectivity index (χ0v) is 15.7. The largest absolute Gasteiger partial charge is 0.480 e. The second kappa shape index (κ2) is 7.63. The Balaban J connectivity index is 1.61. The molecule has 7 nitrogen and oxygen atoms in total. The number of nitrogens with one attached hydrogen (secondary N) is 2. The lowest BCUT2D eigenvalue weighted by atomic mass is 10.0. The first kappa shape index (κ1) is 18.5. The van der Waals surface area contributed by atoms with Crippen molar-refractivity contribution < 1.29 is 19.2 Å². The molecule has 1 atom stereocenters. The molecule has 29 heavy (non-hydrogen) atoms. The molecule has 0 aliphatic carbocycles. The number of aromatic nitrogens is 2. The lowest BCUT2D eigenvalue weighted by Crippen LogP contribution is -2.42. The number of fused-ring (bicyclic) bond motifs is 1. The zero-order valence-electron chi connectivity index (χ0n) is 15.7. The standard InChI is InChI=1S/C22H19N3O4/c1-13-19(20(25-29-13)14-7-3-2-4-8-14)21(26)24-18(22(27)28)11-15-12-23-17-10-6-5-9-16(15)17/h2-10,12,18,23H,11H2,1H3,(H,24,26)(H,27,28)/t18-/m0/s1. The molecule has 0 saturated carbocycles. The van der Waals surface area contributed by atoms with Crippen LogP contribution in [0.5, 0.6) is 0 Å². The number of nitrogens with zero attached hydrogens (tertiary/aromatic N) is 1. The van der Waals surface area contributed by atoms with Gasteiger partial charge in [-0.3, -0.25) is 4.79 Å². The van der Waals surface area contributed by atoms with Gasteiger partial charge >= 0.3 is 5.97 Å². The van der Waals surface area contributed by atoms with Gasteiger partial charge in [-0.1, -0.05) is 53.7 Å². The Morgan fingerprint density at radius 1 is 1.14 bits per heavy atom. The van der Waals surface area contributed by atoms with Crippen molar-refractivity contribution in [2.75, 3.05) is 0 Å². The van der Waals surface area contributed by atoms with E-state index in [0.717, 1.165) is 22.0 Å². The number of benzene rings is 2. The van der Waals surface area contributed by atoms with E-state index >= 15 is 0 Å². The van der Waals surface area contributed by atoms with Gasteiger partial charge in [-0.15, -0.1) is 0 Å². The van der Waals surface area contributed by atoms with Crippen LogP contribution in [0.25, 0.3) is 22.2 Å². The Bertz CT molecular complexity index is 1180. The number of hydrogen-bond acceptors (Lipinski definition) is 4. The van der Waals surface area contributed by atoms with E-state index in [9.17, 15) is 14.7 Å². The van der Waals surface area contributed by atoms with Gasteiger partial charge in [-0.2, -0.15) is 0 Å². The third-order valence-electron chi connectivity index (χ3n) is 4.84. The summed E-state index contributed by atoms with van der Waals surface area (Å²) >= 11 is 0. The highest BCUT2D eigenvalue weighted by Gasteiger charge is 2.27. The zero-order chi connectivity index (χ0) is 20.4. The molecule has 0 unspecified atom stereocenters. The molecule has 0 radical (unpaired) electrons. The minimum Gasteiger partial charge on any atom is -0.480 e. The molecule has 2 heterocycles. The molecule has 1 amide bonds. The third-order valence-corrected chi connectivity index (χ3v) is 4.84. The molecule has 4 aromatic rings. The summed E-state index contributed by atoms with van der Waals surface area (Å²) in [5.41, 5.74) is 3.08.